The van der Waals surface area contributed by atoms with Crippen molar-refractivity contribution in [3.63, 3.8) is 0 Å². The van der Waals surface area contributed by atoms with Gasteiger partial charge in [0.25, 0.3) is 0 Å². The lowest BCUT2D eigenvalue weighted by molar-refractivity contribution is -0.118. The predicted molar refractivity (Wildman–Crippen MR) is 86.8 cm³/mol. The fourth-order valence-electron chi connectivity index (χ4n) is 3.09. The summed E-state index contributed by atoms with van der Waals surface area (Å²) in [5, 5.41) is 3.05. The predicted octanol–water partition coefficient (Wildman–Crippen LogP) is 2.93. The Balaban J connectivity index is 2.13. The van der Waals surface area contributed by atoms with Gasteiger partial charge in [-0.3, -0.25) is 4.79 Å². The van der Waals surface area contributed by atoms with Crippen molar-refractivity contribution in [3.05, 3.63) is 29.3 Å². The van der Waals surface area contributed by atoms with Crippen LogP contribution in [0, 0.1) is 35.5 Å². The third-order valence-corrected chi connectivity index (χ3v) is 5.10. The van der Waals surface area contributed by atoms with Gasteiger partial charge in [0.05, 0.1) is 6.54 Å². The first-order chi connectivity index (χ1) is 9.71. The van der Waals surface area contributed by atoms with Crippen molar-refractivity contribution in [3.8, 4) is 11.8 Å². The number of carbonyl (C=O) groups excluding carboxylic acids is 1. The van der Waals surface area contributed by atoms with E-state index in [1.807, 2.05) is 25.1 Å². The van der Waals surface area contributed by atoms with Crippen LogP contribution in [-0.2, 0) is 4.79 Å². The molecule has 0 spiro atoms. The molecule has 1 fully saturated rings. The van der Waals surface area contributed by atoms with E-state index in [4.69, 9.17) is 5.73 Å². The van der Waals surface area contributed by atoms with Gasteiger partial charge in [-0.15, -0.1) is 0 Å². The third kappa shape index (κ3) is 2.69. The Bertz CT molecular complexity index is 618. The lowest BCUT2D eigenvalue weighted by Crippen LogP contribution is -2.18. The Morgan fingerprint density at radius 3 is 2.38 bits per heavy atom. The van der Waals surface area contributed by atoms with Crippen LogP contribution in [0.3, 0.4) is 0 Å². The number of nitrogens with two attached hydrogens (primary N) is 1. The molecular weight excluding hydrogens is 260 g/mol. The van der Waals surface area contributed by atoms with Gasteiger partial charge >= 0.3 is 0 Å². The van der Waals surface area contributed by atoms with Crippen LogP contribution in [0.2, 0.25) is 0 Å². The fourth-order valence-corrected chi connectivity index (χ4v) is 3.09. The van der Waals surface area contributed by atoms with E-state index in [2.05, 4.69) is 44.9 Å². The Labute approximate surface area is 127 Å². The first-order valence-electron chi connectivity index (χ1n) is 7.32. The SMILES string of the molecule is Cc1cc(C#CCN)ccc1NC(=O)C1C(C)(C)C1(C)C. The number of hydrogen-bond donors (Lipinski definition) is 2. The number of aryl methyl sites for hydroxylation is 1. The lowest BCUT2D eigenvalue weighted by Gasteiger charge is -2.10. The van der Waals surface area contributed by atoms with Crippen LogP contribution in [0.15, 0.2) is 18.2 Å². The standard InChI is InChI=1S/C18H24N2O/c1-12-11-13(7-6-10-19)8-9-14(12)20-16(21)15-17(2,3)18(15,4)5/h8-9,11,15H,10,19H2,1-5H3,(H,20,21). The molecule has 0 radical (unpaired) electrons. The van der Waals surface area contributed by atoms with E-state index in [9.17, 15) is 4.79 Å². The summed E-state index contributed by atoms with van der Waals surface area (Å²) < 4.78 is 0. The third-order valence-electron chi connectivity index (χ3n) is 5.10. The molecule has 0 aliphatic heterocycles. The second-order valence-electron chi connectivity index (χ2n) is 6.90. The zero-order valence-corrected chi connectivity index (χ0v) is 13.5. The fraction of sp³-hybridized carbons (Fsp3) is 0.500. The van der Waals surface area contributed by atoms with Crippen molar-refractivity contribution in [2.24, 2.45) is 22.5 Å². The molecule has 3 N–H and O–H groups in total. The average molecular weight is 284 g/mol. The van der Waals surface area contributed by atoms with E-state index in [0.29, 0.717) is 6.54 Å². The Morgan fingerprint density at radius 2 is 1.90 bits per heavy atom. The number of benzene rings is 1. The highest BCUT2D eigenvalue weighted by atomic mass is 16.2. The normalized spacial score (nSPS) is 18.6. The quantitative estimate of drug-likeness (QED) is 0.820. The highest BCUT2D eigenvalue weighted by molar-refractivity contribution is 5.96. The number of hydrogen-bond acceptors (Lipinski definition) is 2. The number of anilines is 1. The minimum absolute atomic E-state index is 0.0531. The largest absolute Gasteiger partial charge is 0.326 e. The molecule has 1 amide bonds. The van der Waals surface area contributed by atoms with Crippen LogP contribution < -0.4 is 11.1 Å². The first-order valence-corrected chi connectivity index (χ1v) is 7.32. The summed E-state index contributed by atoms with van der Waals surface area (Å²) in [5.74, 6) is 5.99. The summed E-state index contributed by atoms with van der Waals surface area (Å²) in [6.45, 7) is 10.9. The summed E-state index contributed by atoms with van der Waals surface area (Å²) in [6, 6.07) is 5.80. The van der Waals surface area contributed by atoms with Gasteiger partial charge < -0.3 is 11.1 Å². The highest BCUT2D eigenvalue weighted by Gasteiger charge is 2.68. The average Bonchev–Trinajstić information content (AvgIpc) is 2.80. The number of amides is 1. The second-order valence-corrected chi connectivity index (χ2v) is 6.90. The Kier molecular flexibility index (Phi) is 3.86. The van der Waals surface area contributed by atoms with E-state index < -0.39 is 0 Å². The summed E-state index contributed by atoms with van der Waals surface area (Å²) in [7, 11) is 0. The molecule has 3 nitrogen and oxygen atoms in total. The molecule has 0 atom stereocenters. The lowest BCUT2D eigenvalue weighted by atomic mass is 10.0. The molecule has 1 aromatic rings. The van der Waals surface area contributed by atoms with Gasteiger partial charge in [0, 0.05) is 17.2 Å². The number of nitrogens with one attached hydrogen (secondary N) is 1. The van der Waals surface area contributed by atoms with Crippen molar-refractivity contribution < 1.29 is 4.79 Å². The Morgan fingerprint density at radius 1 is 1.29 bits per heavy atom. The maximum absolute atomic E-state index is 12.5. The van der Waals surface area contributed by atoms with Crippen molar-refractivity contribution in [2.75, 3.05) is 11.9 Å². The van der Waals surface area contributed by atoms with Gasteiger partial charge in [0.1, 0.15) is 0 Å². The zero-order chi connectivity index (χ0) is 15.8. The van der Waals surface area contributed by atoms with Gasteiger partial charge in [-0.1, -0.05) is 39.5 Å². The number of rotatable bonds is 2. The molecular formula is C18H24N2O. The molecule has 21 heavy (non-hydrogen) atoms. The van der Waals surface area contributed by atoms with Gasteiger partial charge in [-0.25, -0.2) is 0 Å². The topological polar surface area (TPSA) is 55.1 Å². The van der Waals surface area contributed by atoms with Crippen LogP contribution in [-0.4, -0.2) is 12.5 Å². The molecule has 1 aliphatic rings. The van der Waals surface area contributed by atoms with E-state index in [-0.39, 0.29) is 22.7 Å². The van der Waals surface area contributed by atoms with E-state index in [0.717, 1.165) is 16.8 Å². The Hall–Kier alpha value is -1.79. The minimum Gasteiger partial charge on any atom is -0.326 e. The molecule has 0 aromatic heterocycles. The molecule has 0 bridgehead atoms. The summed E-state index contributed by atoms with van der Waals surface area (Å²) in [6.07, 6.45) is 0. The van der Waals surface area contributed by atoms with Gasteiger partial charge in [0.2, 0.25) is 5.91 Å². The zero-order valence-electron chi connectivity index (χ0n) is 13.5. The van der Waals surface area contributed by atoms with Crippen LogP contribution >= 0.6 is 0 Å². The molecule has 112 valence electrons. The van der Waals surface area contributed by atoms with E-state index >= 15 is 0 Å². The van der Waals surface area contributed by atoms with Crippen LogP contribution in [0.5, 0.6) is 0 Å². The van der Waals surface area contributed by atoms with E-state index in [1.165, 1.54) is 0 Å². The van der Waals surface area contributed by atoms with Crippen LogP contribution in [0.1, 0.15) is 38.8 Å². The van der Waals surface area contributed by atoms with Crippen molar-refractivity contribution in [1.29, 1.82) is 0 Å². The van der Waals surface area contributed by atoms with E-state index in [1.54, 1.807) is 0 Å². The van der Waals surface area contributed by atoms with Crippen molar-refractivity contribution in [2.45, 2.75) is 34.6 Å². The summed E-state index contributed by atoms with van der Waals surface area (Å²) in [5.41, 5.74) is 8.27. The summed E-state index contributed by atoms with van der Waals surface area (Å²) in [4.78, 5) is 12.5. The van der Waals surface area contributed by atoms with Gasteiger partial charge in [0.15, 0.2) is 0 Å². The van der Waals surface area contributed by atoms with Gasteiger partial charge in [-0.05, 0) is 41.5 Å². The molecule has 1 aliphatic carbocycles. The molecule has 3 heteroatoms. The van der Waals surface area contributed by atoms with Crippen molar-refractivity contribution >= 4 is 11.6 Å². The van der Waals surface area contributed by atoms with Gasteiger partial charge in [-0.2, -0.15) is 0 Å². The maximum atomic E-state index is 12.5. The second kappa shape index (κ2) is 5.20. The molecule has 0 unspecified atom stereocenters. The monoisotopic (exact) mass is 284 g/mol. The molecule has 1 aromatic carbocycles. The molecule has 0 heterocycles. The highest BCUT2D eigenvalue weighted by Crippen LogP contribution is 2.68. The van der Waals surface area contributed by atoms with Crippen LogP contribution in [0.4, 0.5) is 5.69 Å². The molecule has 2 rings (SSSR count). The van der Waals surface area contributed by atoms with Crippen LogP contribution in [0.25, 0.3) is 0 Å². The van der Waals surface area contributed by atoms with Crippen molar-refractivity contribution in [1.82, 2.24) is 0 Å². The smallest absolute Gasteiger partial charge is 0.228 e. The maximum Gasteiger partial charge on any atom is 0.228 e. The first kappa shape index (κ1) is 15.6. The number of carbonyl (C=O) groups is 1. The minimum atomic E-state index is 0.0531. The molecule has 1 saturated carbocycles. The molecule has 0 saturated heterocycles. The summed E-state index contributed by atoms with van der Waals surface area (Å²) >= 11 is 0.